The zero-order chi connectivity index (χ0) is 20.9. The van der Waals surface area contributed by atoms with Gasteiger partial charge in [0.05, 0.1) is 11.4 Å². The highest BCUT2D eigenvalue weighted by molar-refractivity contribution is 6.05. The summed E-state index contributed by atoms with van der Waals surface area (Å²) in [4.78, 5) is 15.4. The molecule has 1 aliphatic heterocycles. The molecule has 3 aromatic carbocycles. The predicted octanol–water partition coefficient (Wildman–Crippen LogP) is 4.76. The average Bonchev–Trinajstić information content (AvgIpc) is 2.77. The Kier molecular flexibility index (Phi) is 6.00. The van der Waals surface area contributed by atoms with E-state index < -0.39 is 0 Å². The van der Waals surface area contributed by atoms with Gasteiger partial charge in [0.2, 0.25) is 0 Å². The van der Waals surface area contributed by atoms with E-state index >= 15 is 0 Å². The molecule has 154 valence electrons. The number of likely N-dealkylation sites (tertiary alicyclic amines) is 1. The second-order valence-electron chi connectivity index (χ2n) is 7.87. The highest BCUT2D eigenvalue weighted by Gasteiger charge is 2.16. The van der Waals surface area contributed by atoms with Gasteiger partial charge in [-0.05, 0) is 73.0 Å². The van der Waals surface area contributed by atoms with Crippen LogP contribution in [0.15, 0.2) is 66.7 Å². The van der Waals surface area contributed by atoms with Crippen LogP contribution in [0.4, 0.5) is 17.1 Å². The second kappa shape index (κ2) is 9.01. The van der Waals surface area contributed by atoms with Crippen molar-refractivity contribution in [2.45, 2.75) is 25.8 Å². The van der Waals surface area contributed by atoms with Crippen LogP contribution in [-0.2, 0) is 6.54 Å². The standard InChI is InChI=1S/C25H28N4O/c26-23-12-10-21(16-24(23)27)28-25(30)19-9-11-22(18-7-3-1-4-8-18)20(15-19)17-29-13-5-2-6-14-29/h1,3-4,7-12,15-16H,2,5-6,13-14,17,26-27H2,(H,28,30). The molecule has 0 unspecified atom stereocenters. The van der Waals surface area contributed by atoms with Crippen molar-refractivity contribution >= 4 is 23.0 Å². The van der Waals surface area contributed by atoms with Crippen molar-refractivity contribution < 1.29 is 4.79 Å². The molecule has 5 nitrogen and oxygen atoms in total. The van der Waals surface area contributed by atoms with Crippen LogP contribution >= 0.6 is 0 Å². The van der Waals surface area contributed by atoms with Gasteiger partial charge >= 0.3 is 0 Å². The van der Waals surface area contributed by atoms with E-state index in [1.165, 1.54) is 36.0 Å². The molecule has 0 aromatic heterocycles. The largest absolute Gasteiger partial charge is 0.397 e. The zero-order valence-corrected chi connectivity index (χ0v) is 17.1. The molecular weight excluding hydrogens is 372 g/mol. The van der Waals surface area contributed by atoms with Crippen molar-refractivity contribution in [1.82, 2.24) is 4.90 Å². The summed E-state index contributed by atoms with van der Waals surface area (Å²) >= 11 is 0. The number of nitrogens with one attached hydrogen (secondary N) is 1. The number of carbonyl (C=O) groups is 1. The van der Waals surface area contributed by atoms with Gasteiger partial charge in [-0.2, -0.15) is 0 Å². The fraction of sp³-hybridized carbons (Fsp3) is 0.240. The van der Waals surface area contributed by atoms with Crippen LogP contribution < -0.4 is 16.8 Å². The van der Waals surface area contributed by atoms with Gasteiger partial charge in [-0.3, -0.25) is 9.69 Å². The van der Waals surface area contributed by atoms with Crippen molar-refractivity contribution in [1.29, 1.82) is 0 Å². The van der Waals surface area contributed by atoms with Gasteiger partial charge in [0.1, 0.15) is 0 Å². The van der Waals surface area contributed by atoms with Crippen molar-refractivity contribution in [2.75, 3.05) is 29.9 Å². The molecule has 1 saturated heterocycles. The monoisotopic (exact) mass is 400 g/mol. The third-order valence-electron chi connectivity index (χ3n) is 5.64. The third kappa shape index (κ3) is 4.63. The van der Waals surface area contributed by atoms with E-state index in [9.17, 15) is 4.79 Å². The Morgan fingerprint density at radius 2 is 1.63 bits per heavy atom. The van der Waals surface area contributed by atoms with E-state index in [0.717, 1.165) is 19.6 Å². The lowest BCUT2D eigenvalue weighted by atomic mass is 9.96. The van der Waals surface area contributed by atoms with Crippen LogP contribution in [0.2, 0.25) is 0 Å². The minimum atomic E-state index is -0.154. The van der Waals surface area contributed by atoms with E-state index in [4.69, 9.17) is 11.5 Å². The van der Waals surface area contributed by atoms with Gasteiger partial charge in [0.25, 0.3) is 5.91 Å². The predicted molar refractivity (Wildman–Crippen MR) is 124 cm³/mol. The Morgan fingerprint density at radius 1 is 0.867 bits per heavy atom. The van der Waals surface area contributed by atoms with Crippen LogP contribution in [0.5, 0.6) is 0 Å². The summed E-state index contributed by atoms with van der Waals surface area (Å²) in [6.07, 6.45) is 3.77. The summed E-state index contributed by atoms with van der Waals surface area (Å²) in [7, 11) is 0. The lowest BCUT2D eigenvalue weighted by Gasteiger charge is -2.27. The fourth-order valence-corrected chi connectivity index (χ4v) is 3.98. The molecule has 4 rings (SSSR count). The Morgan fingerprint density at radius 3 is 2.37 bits per heavy atom. The number of nitrogens with two attached hydrogens (primary N) is 2. The highest BCUT2D eigenvalue weighted by Crippen LogP contribution is 2.28. The quantitative estimate of drug-likeness (QED) is 0.539. The third-order valence-corrected chi connectivity index (χ3v) is 5.64. The number of rotatable bonds is 5. The van der Waals surface area contributed by atoms with E-state index in [0.29, 0.717) is 22.6 Å². The number of amides is 1. The molecule has 1 heterocycles. The number of hydrogen-bond acceptors (Lipinski definition) is 4. The summed E-state index contributed by atoms with van der Waals surface area (Å²) in [5, 5.41) is 2.93. The zero-order valence-electron chi connectivity index (χ0n) is 17.1. The molecule has 0 saturated carbocycles. The molecule has 3 aromatic rings. The van der Waals surface area contributed by atoms with Gasteiger partial charge in [0.15, 0.2) is 0 Å². The highest BCUT2D eigenvalue weighted by atomic mass is 16.1. The molecule has 1 amide bonds. The lowest BCUT2D eigenvalue weighted by Crippen LogP contribution is -2.29. The fourth-order valence-electron chi connectivity index (χ4n) is 3.98. The van der Waals surface area contributed by atoms with E-state index in [-0.39, 0.29) is 5.91 Å². The maximum atomic E-state index is 12.9. The summed E-state index contributed by atoms with van der Waals surface area (Å²) in [6, 6.07) is 21.5. The molecule has 1 fully saturated rings. The minimum Gasteiger partial charge on any atom is -0.397 e. The van der Waals surface area contributed by atoms with Gasteiger partial charge in [-0.1, -0.05) is 42.8 Å². The summed E-state index contributed by atoms with van der Waals surface area (Å²) in [5.41, 5.74) is 17.4. The molecule has 0 spiro atoms. The Hall–Kier alpha value is -3.31. The molecule has 1 aliphatic rings. The SMILES string of the molecule is Nc1ccc(NC(=O)c2ccc(-c3ccccc3)c(CN3CCCCC3)c2)cc1N. The van der Waals surface area contributed by atoms with Crippen molar-refractivity contribution in [2.24, 2.45) is 0 Å². The smallest absolute Gasteiger partial charge is 0.255 e. The molecule has 0 radical (unpaired) electrons. The van der Waals surface area contributed by atoms with Gasteiger partial charge in [-0.25, -0.2) is 0 Å². The van der Waals surface area contributed by atoms with Gasteiger partial charge in [-0.15, -0.1) is 0 Å². The van der Waals surface area contributed by atoms with Crippen LogP contribution in [0.1, 0.15) is 35.2 Å². The summed E-state index contributed by atoms with van der Waals surface area (Å²) in [5.74, 6) is -0.154. The Bertz CT molecular complexity index is 1030. The topological polar surface area (TPSA) is 84.4 Å². The number of hydrogen-bond donors (Lipinski definition) is 3. The van der Waals surface area contributed by atoms with E-state index in [2.05, 4.69) is 28.4 Å². The first-order valence-corrected chi connectivity index (χ1v) is 10.5. The van der Waals surface area contributed by atoms with Crippen molar-refractivity contribution in [3.8, 4) is 11.1 Å². The Balaban J connectivity index is 1.62. The lowest BCUT2D eigenvalue weighted by molar-refractivity contribution is 0.102. The van der Waals surface area contributed by atoms with Crippen LogP contribution in [0.3, 0.4) is 0 Å². The van der Waals surface area contributed by atoms with Gasteiger partial charge in [0, 0.05) is 17.8 Å². The molecule has 0 atom stereocenters. The summed E-state index contributed by atoms with van der Waals surface area (Å²) < 4.78 is 0. The van der Waals surface area contributed by atoms with Crippen molar-refractivity contribution in [3.63, 3.8) is 0 Å². The molecule has 5 heteroatoms. The molecule has 30 heavy (non-hydrogen) atoms. The maximum absolute atomic E-state index is 12.9. The summed E-state index contributed by atoms with van der Waals surface area (Å²) in [6.45, 7) is 3.06. The second-order valence-corrected chi connectivity index (χ2v) is 7.87. The Labute approximate surface area is 177 Å². The first kappa shape index (κ1) is 20.0. The first-order chi connectivity index (χ1) is 14.6. The number of nitrogen functional groups attached to an aromatic ring is 2. The van der Waals surface area contributed by atoms with Crippen molar-refractivity contribution in [3.05, 3.63) is 77.9 Å². The average molecular weight is 401 g/mol. The molecule has 0 aliphatic carbocycles. The maximum Gasteiger partial charge on any atom is 0.255 e. The molecule has 0 bridgehead atoms. The van der Waals surface area contributed by atoms with Crippen LogP contribution in [-0.4, -0.2) is 23.9 Å². The van der Waals surface area contributed by atoms with E-state index in [1.54, 1.807) is 18.2 Å². The minimum absolute atomic E-state index is 0.154. The number of piperidine rings is 1. The normalized spacial score (nSPS) is 14.4. The number of anilines is 3. The first-order valence-electron chi connectivity index (χ1n) is 10.5. The number of nitrogens with zero attached hydrogens (tertiary/aromatic N) is 1. The number of benzene rings is 3. The van der Waals surface area contributed by atoms with Crippen LogP contribution in [0, 0.1) is 0 Å². The molecule has 5 N–H and O–H groups in total. The van der Waals surface area contributed by atoms with Gasteiger partial charge < -0.3 is 16.8 Å². The van der Waals surface area contributed by atoms with E-state index in [1.807, 2.05) is 30.3 Å². The molecular formula is C25H28N4O. The number of carbonyl (C=O) groups excluding carboxylic acids is 1. The van der Waals surface area contributed by atoms with Crippen LogP contribution in [0.25, 0.3) is 11.1 Å².